The lowest BCUT2D eigenvalue weighted by molar-refractivity contribution is -0.115. The minimum atomic E-state index is -0.145. The third kappa shape index (κ3) is 4.44. The van der Waals surface area contributed by atoms with Crippen LogP contribution in [0.5, 0.6) is 5.75 Å². The van der Waals surface area contributed by atoms with E-state index < -0.39 is 0 Å². The van der Waals surface area contributed by atoms with Crippen LogP contribution in [-0.2, 0) is 17.8 Å². The molecule has 0 aliphatic rings. The molecular formula is C23H20ClN3O3. The Hall–Kier alpha value is -3.38. The van der Waals surface area contributed by atoms with Crippen molar-refractivity contribution in [2.24, 2.45) is 0 Å². The number of amides is 1. The molecule has 0 atom stereocenters. The Kier molecular flexibility index (Phi) is 5.68. The lowest BCUT2D eigenvalue weighted by atomic mass is 10.1. The van der Waals surface area contributed by atoms with Gasteiger partial charge in [0.25, 0.3) is 0 Å². The molecule has 0 fully saturated rings. The number of hydrogen-bond donors (Lipinski definition) is 1. The number of aromatic nitrogens is 2. The molecule has 6 nitrogen and oxygen atoms in total. The van der Waals surface area contributed by atoms with E-state index >= 15 is 0 Å². The van der Waals surface area contributed by atoms with Gasteiger partial charge in [-0.25, -0.2) is 0 Å². The van der Waals surface area contributed by atoms with Crippen molar-refractivity contribution in [3.63, 3.8) is 0 Å². The zero-order chi connectivity index (χ0) is 21.1. The van der Waals surface area contributed by atoms with E-state index in [9.17, 15) is 4.79 Å². The Bertz CT molecular complexity index is 1180. The summed E-state index contributed by atoms with van der Waals surface area (Å²) in [5.74, 6) is 1.32. The highest BCUT2D eigenvalue weighted by molar-refractivity contribution is 6.32. The SMILES string of the molecule is Cc1noc(C)c1COc1ccc(CC(=O)Nc2cc(Cl)cc3cccnc23)cc1. The number of hydrogen-bond acceptors (Lipinski definition) is 5. The van der Waals surface area contributed by atoms with Crippen LogP contribution in [0.25, 0.3) is 10.9 Å². The highest BCUT2D eigenvalue weighted by Gasteiger charge is 2.11. The van der Waals surface area contributed by atoms with Crippen LogP contribution < -0.4 is 10.1 Å². The highest BCUT2D eigenvalue weighted by atomic mass is 35.5. The highest BCUT2D eigenvalue weighted by Crippen LogP contribution is 2.26. The molecule has 0 aliphatic carbocycles. The van der Waals surface area contributed by atoms with Gasteiger partial charge in [-0.1, -0.05) is 35.0 Å². The molecule has 30 heavy (non-hydrogen) atoms. The molecule has 2 aromatic heterocycles. The maximum Gasteiger partial charge on any atom is 0.228 e. The molecule has 0 aliphatic heterocycles. The Morgan fingerprint density at radius 2 is 1.97 bits per heavy atom. The van der Waals surface area contributed by atoms with Crippen LogP contribution in [0.1, 0.15) is 22.6 Å². The zero-order valence-corrected chi connectivity index (χ0v) is 17.4. The number of ether oxygens (including phenoxy) is 1. The normalized spacial score (nSPS) is 10.9. The summed E-state index contributed by atoms with van der Waals surface area (Å²) in [6, 6.07) is 14.7. The van der Waals surface area contributed by atoms with Gasteiger partial charge in [0.05, 0.1) is 28.9 Å². The standard InChI is InChI=1S/C23H20ClN3O3/c1-14-20(15(2)30-27-14)13-29-19-7-5-16(6-8-19)10-22(28)26-21-12-18(24)11-17-4-3-9-25-23(17)21/h3-9,11-12H,10,13H2,1-2H3,(H,26,28). The van der Waals surface area contributed by atoms with Crippen LogP contribution in [-0.4, -0.2) is 16.0 Å². The van der Waals surface area contributed by atoms with Crippen molar-refractivity contribution in [3.05, 3.63) is 82.3 Å². The predicted octanol–water partition coefficient (Wildman–Crippen LogP) is 5.25. The molecule has 0 bridgehead atoms. The quantitative estimate of drug-likeness (QED) is 0.460. The van der Waals surface area contributed by atoms with Crippen LogP contribution >= 0.6 is 11.6 Å². The summed E-state index contributed by atoms with van der Waals surface area (Å²) in [4.78, 5) is 16.9. The summed E-state index contributed by atoms with van der Waals surface area (Å²) in [5.41, 5.74) is 3.95. The van der Waals surface area contributed by atoms with E-state index in [0.29, 0.717) is 28.6 Å². The van der Waals surface area contributed by atoms with Crippen molar-refractivity contribution < 1.29 is 14.1 Å². The zero-order valence-electron chi connectivity index (χ0n) is 16.6. The first-order valence-electron chi connectivity index (χ1n) is 9.47. The average Bonchev–Trinajstić information content (AvgIpc) is 3.05. The van der Waals surface area contributed by atoms with E-state index in [2.05, 4.69) is 15.5 Å². The molecule has 1 N–H and O–H groups in total. The molecule has 0 saturated carbocycles. The van der Waals surface area contributed by atoms with Gasteiger partial charge in [0, 0.05) is 16.6 Å². The van der Waals surface area contributed by atoms with Gasteiger partial charge in [0.2, 0.25) is 5.91 Å². The number of halogens is 1. The summed E-state index contributed by atoms with van der Waals surface area (Å²) in [7, 11) is 0. The monoisotopic (exact) mass is 421 g/mol. The van der Waals surface area contributed by atoms with Crippen molar-refractivity contribution in [2.45, 2.75) is 26.9 Å². The van der Waals surface area contributed by atoms with Crippen molar-refractivity contribution >= 4 is 34.1 Å². The number of aryl methyl sites for hydroxylation is 2. The second kappa shape index (κ2) is 8.55. The van der Waals surface area contributed by atoms with Crippen molar-refractivity contribution in [3.8, 4) is 5.75 Å². The topological polar surface area (TPSA) is 77.2 Å². The summed E-state index contributed by atoms with van der Waals surface area (Å²) in [6.45, 7) is 4.13. The van der Waals surface area contributed by atoms with E-state index in [0.717, 1.165) is 28.0 Å². The first-order valence-corrected chi connectivity index (χ1v) is 9.85. The molecule has 2 heterocycles. The van der Waals surface area contributed by atoms with Crippen molar-refractivity contribution in [1.29, 1.82) is 0 Å². The number of nitrogens with one attached hydrogen (secondary N) is 1. The van der Waals surface area contributed by atoms with E-state index in [4.69, 9.17) is 20.9 Å². The van der Waals surface area contributed by atoms with Gasteiger partial charge in [-0.3, -0.25) is 9.78 Å². The van der Waals surface area contributed by atoms with Crippen LogP contribution in [0.3, 0.4) is 0 Å². The van der Waals surface area contributed by atoms with Crippen LogP contribution in [0.4, 0.5) is 5.69 Å². The number of rotatable bonds is 6. The van der Waals surface area contributed by atoms with Gasteiger partial charge in [0.15, 0.2) is 0 Å². The summed E-state index contributed by atoms with van der Waals surface area (Å²) < 4.78 is 10.9. The van der Waals surface area contributed by atoms with E-state index in [1.807, 2.05) is 56.3 Å². The lowest BCUT2D eigenvalue weighted by Gasteiger charge is -2.10. The number of carbonyl (C=O) groups excluding carboxylic acids is 1. The second-order valence-electron chi connectivity index (χ2n) is 6.99. The predicted molar refractivity (Wildman–Crippen MR) is 116 cm³/mol. The molecule has 152 valence electrons. The fourth-order valence-corrected chi connectivity index (χ4v) is 3.42. The average molecular weight is 422 g/mol. The van der Waals surface area contributed by atoms with E-state index in [-0.39, 0.29) is 12.3 Å². The molecule has 4 rings (SSSR count). The number of carbonyl (C=O) groups is 1. The van der Waals surface area contributed by atoms with Gasteiger partial charge in [0.1, 0.15) is 18.1 Å². The van der Waals surface area contributed by atoms with Gasteiger partial charge in [-0.2, -0.15) is 0 Å². The fraction of sp³-hybridized carbons (Fsp3) is 0.174. The first-order chi connectivity index (χ1) is 14.5. The van der Waals surface area contributed by atoms with Gasteiger partial charge in [-0.05, 0) is 49.7 Å². The van der Waals surface area contributed by atoms with Crippen LogP contribution in [0.15, 0.2) is 59.3 Å². The summed E-state index contributed by atoms with van der Waals surface area (Å²) in [5, 5.41) is 8.25. The van der Waals surface area contributed by atoms with E-state index in [1.54, 1.807) is 12.3 Å². The number of anilines is 1. The Balaban J connectivity index is 1.39. The van der Waals surface area contributed by atoms with E-state index in [1.165, 1.54) is 0 Å². The smallest absolute Gasteiger partial charge is 0.228 e. The first kappa shape index (κ1) is 19.9. The molecule has 0 unspecified atom stereocenters. The minimum Gasteiger partial charge on any atom is -0.489 e. The van der Waals surface area contributed by atoms with Crippen molar-refractivity contribution in [1.82, 2.24) is 10.1 Å². The number of fused-ring (bicyclic) bond motifs is 1. The molecule has 2 aromatic carbocycles. The van der Waals surface area contributed by atoms with Gasteiger partial charge < -0.3 is 14.6 Å². The molecule has 1 amide bonds. The molecular weight excluding hydrogens is 402 g/mol. The largest absolute Gasteiger partial charge is 0.489 e. The Labute approximate surface area is 178 Å². The maximum atomic E-state index is 12.5. The van der Waals surface area contributed by atoms with Crippen LogP contribution in [0.2, 0.25) is 5.02 Å². The second-order valence-corrected chi connectivity index (χ2v) is 7.43. The molecule has 7 heteroatoms. The lowest BCUT2D eigenvalue weighted by Crippen LogP contribution is -2.14. The van der Waals surface area contributed by atoms with Gasteiger partial charge >= 0.3 is 0 Å². The summed E-state index contributed by atoms with van der Waals surface area (Å²) in [6.07, 6.45) is 1.91. The number of benzene rings is 2. The molecule has 0 radical (unpaired) electrons. The Morgan fingerprint density at radius 1 is 1.17 bits per heavy atom. The fourth-order valence-electron chi connectivity index (χ4n) is 3.20. The molecule has 4 aromatic rings. The maximum absolute atomic E-state index is 12.5. The number of nitrogens with zero attached hydrogens (tertiary/aromatic N) is 2. The third-order valence-corrected chi connectivity index (χ3v) is 5.01. The Morgan fingerprint density at radius 3 is 2.70 bits per heavy atom. The number of pyridine rings is 1. The molecule has 0 spiro atoms. The van der Waals surface area contributed by atoms with Gasteiger partial charge in [-0.15, -0.1) is 0 Å². The molecule has 0 saturated heterocycles. The third-order valence-electron chi connectivity index (χ3n) is 4.80. The summed E-state index contributed by atoms with van der Waals surface area (Å²) >= 11 is 6.17. The minimum absolute atomic E-state index is 0.145. The van der Waals surface area contributed by atoms with Crippen LogP contribution in [0, 0.1) is 13.8 Å². The van der Waals surface area contributed by atoms with Crippen molar-refractivity contribution in [2.75, 3.05) is 5.32 Å².